The summed E-state index contributed by atoms with van der Waals surface area (Å²) in [7, 11) is 0. The lowest BCUT2D eigenvalue weighted by Gasteiger charge is -2.35. The van der Waals surface area contributed by atoms with E-state index < -0.39 is 12.0 Å². The predicted octanol–water partition coefficient (Wildman–Crippen LogP) is 5.36. The third-order valence-electron chi connectivity index (χ3n) is 7.61. The summed E-state index contributed by atoms with van der Waals surface area (Å²) in [5.41, 5.74) is 5.49. The zero-order valence-corrected chi connectivity index (χ0v) is 20.9. The van der Waals surface area contributed by atoms with Gasteiger partial charge in [0.25, 0.3) is 6.01 Å². The lowest BCUT2D eigenvalue weighted by atomic mass is 9.76. The summed E-state index contributed by atoms with van der Waals surface area (Å²) in [6.45, 7) is 0.524. The Morgan fingerprint density at radius 2 is 1.58 bits per heavy atom. The fourth-order valence-corrected chi connectivity index (χ4v) is 5.77. The van der Waals surface area contributed by atoms with Crippen molar-refractivity contribution >= 4 is 22.8 Å². The predicted molar refractivity (Wildman–Crippen MR) is 137 cm³/mol. The van der Waals surface area contributed by atoms with E-state index in [0.29, 0.717) is 28.5 Å². The fraction of sp³-hybridized carbons (Fsp3) is 0.357. The van der Waals surface area contributed by atoms with E-state index >= 15 is 0 Å². The number of nitrogens with zero attached hydrogens (tertiary/aromatic N) is 2. The Bertz CT molecular complexity index is 1490. The van der Waals surface area contributed by atoms with Crippen LogP contribution in [0.25, 0.3) is 33.5 Å². The van der Waals surface area contributed by atoms with E-state index in [2.05, 4.69) is 15.0 Å². The van der Waals surface area contributed by atoms with Crippen LogP contribution in [0.15, 0.2) is 54.6 Å². The SMILES string of the molecule is O[C@@H]1CO[C@H]2[C@@H]1OC[C@H]2Oc1nc2nc(-c3ccc(-c4ccc(C5CC(F)(F)C5)cc4)cc3)c(Cl)cc2[nH]1. The Labute approximate surface area is 221 Å². The molecule has 10 heteroatoms. The number of aromatic amines is 1. The first-order chi connectivity index (χ1) is 18.3. The minimum atomic E-state index is -2.52. The number of halogens is 3. The number of imidazole rings is 1. The van der Waals surface area contributed by atoms with E-state index in [1.54, 1.807) is 6.07 Å². The maximum atomic E-state index is 13.2. The molecule has 1 aliphatic carbocycles. The molecule has 4 heterocycles. The van der Waals surface area contributed by atoms with Gasteiger partial charge >= 0.3 is 0 Å². The van der Waals surface area contributed by atoms with Crippen LogP contribution in [0.3, 0.4) is 0 Å². The van der Waals surface area contributed by atoms with Crippen LogP contribution in [0.2, 0.25) is 5.02 Å². The molecule has 0 radical (unpaired) electrons. The lowest BCUT2D eigenvalue weighted by Crippen LogP contribution is -2.34. The average Bonchev–Trinajstić information content (AvgIpc) is 3.59. The highest BCUT2D eigenvalue weighted by Gasteiger charge is 2.49. The van der Waals surface area contributed by atoms with Gasteiger partial charge in [0.15, 0.2) is 11.8 Å². The van der Waals surface area contributed by atoms with E-state index in [-0.39, 0.29) is 49.7 Å². The fourth-order valence-electron chi connectivity index (χ4n) is 5.51. The van der Waals surface area contributed by atoms with E-state index in [4.69, 9.17) is 25.8 Å². The molecule has 2 N–H and O–H groups in total. The summed E-state index contributed by atoms with van der Waals surface area (Å²) < 4.78 is 43.6. The number of aliphatic hydroxyl groups is 1. The van der Waals surface area contributed by atoms with Gasteiger partial charge in [-0.2, -0.15) is 4.98 Å². The van der Waals surface area contributed by atoms with Crippen LogP contribution >= 0.6 is 11.6 Å². The molecule has 4 aromatic rings. The molecular weight excluding hydrogens is 516 g/mol. The van der Waals surface area contributed by atoms with Gasteiger partial charge in [-0.05, 0) is 28.7 Å². The molecule has 2 aliphatic heterocycles. The van der Waals surface area contributed by atoms with Crippen LogP contribution in [0.1, 0.15) is 24.3 Å². The van der Waals surface area contributed by atoms with Crippen molar-refractivity contribution in [2.24, 2.45) is 0 Å². The van der Waals surface area contributed by atoms with E-state index in [1.165, 1.54) is 0 Å². The van der Waals surface area contributed by atoms with Gasteiger partial charge in [-0.1, -0.05) is 60.1 Å². The monoisotopic (exact) mass is 539 g/mol. The second-order valence-electron chi connectivity index (χ2n) is 10.2. The van der Waals surface area contributed by atoms with Gasteiger partial charge in [-0.25, -0.2) is 13.8 Å². The molecule has 2 aromatic carbocycles. The van der Waals surface area contributed by atoms with E-state index in [1.807, 2.05) is 48.5 Å². The van der Waals surface area contributed by atoms with Gasteiger partial charge < -0.3 is 24.3 Å². The molecule has 2 aromatic heterocycles. The normalized spacial score (nSPS) is 26.4. The first kappa shape index (κ1) is 24.0. The second kappa shape index (κ2) is 8.98. The zero-order chi connectivity index (χ0) is 26.0. The molecule has 38 heavy (non-hydrogen) atoms. The van der Waals surface area contributed by atoms with Crippen LogP contribution in [-0.4, -0.2) is 63.6 Å². The quantitative estimate of drug-likeness (QED) is 0.355. The van der Waals surface area contributed by atoms with Crippen molar-refractivity contribution in [1.82, 2.24) is 15.0 Å². The number of H-pyrrole nitrogens is 1. The maximum absolute atomic E-state index is 13.2. The Morgan fingerprint density at radius 3 is 2.29 bits per heavy atom. The molecule has 7 rings (SSSR count). The summed E-state index contributed by atoms with van der Waals surface area (Å²) >= 11 is 6.58. The van der Waals surface area contributed by atoms with Crippen molar-refractivity contribution in [3.8, 4) is 28.4 Å². The molecule has 7 nitrogen and oxygen atoms in total. The lowest BCUT2D eigenvalue weighted by molar-refractivity contribution is -0.0867. The van der Waals surface area contributed by atoms with Crippen molar-refractivity contribution in [3.05, 3.63) is 65.2 Å². The minimum absolute atomic E-state index is 0.0649. The molecule has 3 aliphatic rings. The maximum Gasteiger partial charge on any atom is 0.296 e. The molecule has 0 unspecified atom stereocenters. The van der Waals surface area contributed by atoms with E-state index in [0.717, 1.165) is 22.3 Å². The van der Waals surface area contributed by atoms with Gasteiger partial charge in [-0.15, -0.1) is 0 Å². The molecule has 0 bridgehead atoms. The van der Waals surface area contributed by atoms with Gasteiger partial charge in [0.1, 0.15) is 18.3 Å². The van der Waals surface area contributed by atoms with Crippen LogP contribution in [-0.2, 0) is 9.47 Å². The number of nitrogens with one attached hydrogen (secondary N) is 1. The smallest absolute Gasteiger partial charge is 0.296 e. The summed E-state index contributed by atoms with van der Waals surface area (Å²) in [5.74, 6) is -2.59. The molecule has 3 fully saturated rings. The highest BCUT2D eigenvalue weighted by atomic mass is 35.5. The number of hydrogen-bond acceptors (Lipinski definition) is 6. The molecule has 196 valence electrons. The second-order valence-corrected chi connectivity index (χ2v) is 10.6. The highest BCUT2D eigenvalue weighted by molar-refractivity contribution is 6.33. The highest BCUT2D eigenvalue weighted by Crippen LogP contribution is 2.48. The van der Waals surface area contributed by atoms with Crippen LogP contribution < -0.4 is 4.74 Å². The van der Waals surface area contributed by atoms with Gasteiger partial charge in [-0.3, -0.25) is 0 Å². The van der Waals surface area contributed by atoms with Crippen molar-refractivity contribution < 1.29 is 28.1 Å². The number of hydrogen-bond donors (Lipinski definition) is 2. The number of benzene rings is 2. The molecular formula is C28H24ClF2N3O4. The molecule has 0 spiro atoms. The number of pyridine rings is 1. The first-order valence-corrected chi connectivity index (χ1v) is 12.9. The number of alkyl halides is 2. The molecule has 1 saturated carbocycles. The summed E-state index contributed by atoms with van der Waals surface area (Å²) in [6, 6.07) is 17.7. The minimum Gasteiger partial charge on any atom is -0.456 e. The number of fused-ring (bicyclic) bond motifs is 2. The molecule has 4 atom stereocenters. The van der Waals surface area contributed by atoms with Gasteiger partial charge in [0.05, 0.1) is 29.4 Å². The standard InChI is InChI=1S/C28H24ClF2N3O4/c29-19-9-20-26(34-27(32-20)38-22-13-37-24-21(35)12-36-25(22)24)33-23(19)17-7-5-15(6-8-17)14-1-3-16(4-2-14)18-10-28(30,31)11-18/h1-9,18,21-22,24-25,35H,10-13H2,(H,32,33,34)/t21-,22-,24-,25-/m1/s1. The van der Waals surface area contributed by atoms with Crippen molar-refractivity contribution in [1.29, 1.82) is 0 Å². The largest absolute Gasteiger partial charge is 0.456 e. The molecule has 0 amide bonds. The Balaban J connectivity index is 1.08. The van der Waals surface area contributed by atoms with Crippen LogP contribution in [0, 0.1) is 0 Å². The van der Waals surface area contributed by atoms with Crippen molar-refractivity contribution in [2.75, 3.05) is 13.2 Å². The van der Waals surface area contributed by atoms with Gasteiger partial charge in [0.2, 0.25) is 5.92 Å². The van der Waals surface area contributed by atoms with Crippen LogP contribution in [0.5, 0.6) is 6.01 Å². The Kier molecular flexibility index (Phi) is 5.66. The number of ether oxygens (including phenoxy) is 3. The topological polar surface area (TPSA) is 89.5 Å². The summed E-state index contributed by atoms with van der Waals surface area (Å²) in [4.78, 5) is 12.2. The van der Waals surface area contributed by atoms with Crippen molar-refractivity contribution in [3.63, 3.8) is 0 Å². The molecule has 2 saturated heterocycles. The van der Waals surface area contributed by atoms with Gasteiger partial charge in [0, 0.05) is 18.4 Å². The third kappa shape index (κ3) is 4.23. The first-order valence-electron chi connectivity index (χ1n) is 12.6. The Hall–Kier alpha value is -3.11. The Morgan fingerprint density at radius 1 is 0.921 bits per heavy atom. The summed E-state index contributed by atoms with van der Waals surface area (Å²) in [5, 5.41) is 10.4. The van der Waals surface area contributed by atoms with E-state index in [9.17, 15) is 13.9 Å². The third-order valence-corrected chi connectivity index (χ3v) is 7.90. The number of aromatic nitrogens is 3. The zero-order valence-electron chi connectivity index (χ0n) is 20.1. The number of rotatable bonds is 5. The number of aliphatic hydroxyl groups excluding tert-OH is 1. The summed E-state index contributed by atoms with van der Waals surface area (Å²) in [6.07, 6.45) is -1.91. The van der Waals surface area contributed by atoms with Crippen LogP contribution in [0.4, 0.5) is 8.78 Å². The van der Waals surface area contributed by atoms with Crippen molar-refractivity contribution in [2.45, 2.75) is 49.1 Å². The average molecular weight is 540 g/mol.